The van der Waals surface area contributed by atoms with Crippen LogP contribution in [0.25, 0.3) is 0 Å². The summed E-state index contributed by atoms with van der Waals surface area (Å²) in [5.41, 5.74) is 0. The summed E-state index contributed by atoms with van der Waals surface area (Å²) in [7, 11) is 0. The van der Waals surface area contributed by atoms with Crippen LogP contribution in [0.3, 0.4) is 0 Å². The van der Waals surface area contributed by atoms with E-state index in [4.69, 9.17) is 14.2 Å². The van der Waals surface area contributed by atoms with E-state index < -0.39 is 5.79 Å². The van der Waals surface area contributed by atoms with Crippen LogP contribution < -0.4 is 5.32 Å². The largest absolute Gasteiger partial charge is 0.381 e. The molecule has 2 rings (SSSR count). The quantitative estimate of drug-likeness (QED) is 0.750. The molecule has 2 heterocycles. The van der Waals surface area contributed by atoms with Crippen LogP contribution in [-0.4, -0.2) is 62.3 Å². The molecule has 6 heteroatoms. The molecule has 21 heavy (non-hydrogen) atoms. The molecular formula is C15H24N2O4. The Bertz CT molecular complexity index is 370. The molecule has 2 fully saturated rings. The van der Waals surface area contributed by atoms with Crippen molar-refractivity contribution in [3.05, 3.63) is 25.3 Å². The zero-order valence-corrected chi connectivity index (χ0v) is 12.4. The minimum absolute atomic E-state index is 0.110. The van der Waals surface area contributed by atoms with Gasteiger partial charge < -0.3 is 24.4 Å². The highest BCUT2D eigenvalue weighted by Gasteiger charge is 2.42. The zero-order chi connectivity index (χ0) is 15.1. The average molecular weight is 296 g/mol. The minimum atomic E-state index is -0.504. The molecule has 1 unspecified atom stereocenters. The maximum Gasteiger partial charge on any atom is 0.318 e. The summed E-state index contributed by atoms with van der Waals surface area (Å²) in [6, 6.07) is -0.147. The maximum absolute atomic E-state index is 12.1. The number of nitrogens with one attached hydrogen (secondary N) is 1. The number of amides is 2. The highest BCUT2D eigenvalue weighted by atomic mass is 16.7. The second kappa shape index (κ2) is 7.59. The molecule has 1 spiro atoms. The molecular weight excluding hydrogens is 272 g/mol. The fraction of sp³-hybridized carbons (Fsp3) is 0.667. The Morgan fingerprint density at radius 2 is 1.95 bits per heavy atom. The first-order valence-corrected chi connectivity index (χ1v) is 7.33. The van der Waals surface area contributed by atoms with Crippen molar-refractivity contribution in [1.29, 1.82) is 0 Å². The summed E-state index contributed by atoms with van der Waals surface area (Å²) in [6.45, 7) is 10.5. The van der Waals surface area contributed by atoms with Crippen molar-refractivity contribution in [2.24, 2.45) is 0 Å². The lowest BCUT2D eigenvalue weighted by molar-refractivity contribution is -0.210. The monoisotopic (exact) mass is 296 g/mol. The number of carbonyl (C=O) groups excluding carboxylic acids is 1. The van der Waals surface area contributed by atoms with Crippen molar-refractivity contribution in [1.82, 2.24) is 10.2 Å². The van der Waals surface area contributed by atoms with Crippen LogP contribution in [0.15, 0.2) is 25.3 Å². The fourth-order valence-corrected chi connectivity index (χ4v) is 2.53. The van der Waals surface area contributed by atoms with Gasteiger partial charge >= 0.3 is 6.03 Å². The van der Waals surface area contributed by atoms with Crippen LogP contribution in [0.4, 0.5) is 4.79 Å². The van der Waals surface area contributed by atoms with Crippen LogP contribution in [0, 0.1) is 0 Å². The predicted octanol–water partition coefficient (Wildman–Crippen LogP) is 1.29. The molecule has 0 aromatic carbocycles. The number of hydrogen-bond acceptors (Lipinski definition) is 4. The molecule has 2 amide bonds. The van der Waals surface area contributed by atoms with E-state index >= 15 is 0 Å². The van der Waals surface area contributed by atoms with Gasteiger partial charge in [-0.1, -0.05) is 12.2 Å². The molecule has 0 bridgehead atoms. The van der Waals surface area contributed by atoms with Crippen LogP contribution in [-0.2, 0) is 14.2 Å². The van der Waals surface area contributed by atoms with E-state index in [0.717, 1.165) is 12.8 Å². The summed E-state index contributed by atoms with van der Waals surface area (Å²) in [5.74, 6) is -0.504. The summed E-state index contributed by atoms with van der Waals surface area (Å²) in [6.07, 6.45) is 4.76. The fourth-order valence-electron chi connectivity index (χ4n) is 2.53. The average Bonchev–Trinajstić information content (AvgIpc) is 2.88. The number of rotatable bonds is 6. The van der Waals surface area contributed by atoms with Gasteiger partial charge in [-0.2, -0.15) is 0 Å². The van der Waals surface area contributed by atoms with Crippen LogP contribution in [0.2, 0.25) is 0 Å². The number of hydrogen-bond donors (Lipinski definition) is 1. The molecule has 0 radical (unpaired) electrons. The second-order valence-corrected chi connectivity index (χ2v) is 5.24. The van der Waals surface area contributed by atoms with Crippen LogP contribution in [0.5, 0.6) is 0 Å². The zero-order valence-electron chi connectivity index (χ0n) is 12.4. The van der Waals surface area contributed by atoms with Crippen LogP contribution in [0.1, 0.15) is 12.8 Å². The van der Waals surface area contributed by atoms with Gasteiger partial charge in [0.1, 0.15) is 6.10 Å². The summed E-state index contributed by atoms with van der Waals surface area (Å²) in [5, 5.41) is 2.87. The number of carbonyl (C=O) groups is 1. The molecule has 0 aliphatic carbocycles. The van der Waals surface area contributed by atoms with Gasteiger partial charge in [-0.25, -0.2) is 4.79 Å². The standard InChI is InChI=1S/C15H24N2O4/c1-3-7-17(8-4-2)14(18)16-11-13-12-20-15(21-13)5-9-19-10-6-15/h3-4,13H,1-2,5-12H2,(H,16,18). The Hall–Kier alpha value is -1.37. The van der Waals surface area contributed by atoms with Crippen molar-refractivity contribution in [2.45, 2.75) is 24.7 Å². The molecule has 1 N–H and O–H groups in total. The van der Waals surface area contributed by atoms with Gasteiger partial charge in [0, 0.05) is 32.5 Å². The second-order valence-electron chi connectivity index (χ2n) is 5.24. The van der Waals surface area contributed by atoms with E-state index in [2.05, 4.69) is 18.5 Å². The highest BCUT2D eigenvalue weighted by molar-refractivity contribution is 5.74. The highest BCUT2D eigenvalue weighted by Crippen LogP contribution is 2.32. The Labute approximate surface area is 125 Å². The molecule has 2 aliphatic rings. The molecule has 118 valence electrons. The van der Waals surface area contributed by atoms with E-state index in [1.807, 2.05) is 0 Å². The number of ether oxygens (including phenoxy) is 3. The van der Waals surface area contributed by atoms with Gasteiger partial charge in [0.05, 0.1) is 19.8 Å². The summed E-state index contributed by atoms with van der Waals surface area (Å²) >= 11 is 0. The van der Waals surface area contributed by atoms with E-state index in [0.29, 0.717) is 39.5 Å². The van der Waals surface area contributed by atoms with Crippen LogP contribution >= 0.6 is 0 Å². The van der Waals surface area contributed by atoms with Crippen molar-refractivity contribution < 1.29 is 19.0 Å². The maximum atomic E-state index is 12.1. The van der Waals surface area contributed by atoms with Gasteiger partial charge in [-0.05, 0) is 0 Å². The Morgan fingerprint density at radius 1 is 1.29 bits per heavy atom. The first-order chi connectivity index (χ1) is 10.2. The number of nitrogens with zero attached hydrogens (tertiary/aromatic N) is 1. The SMILES string of the molecule is C=CCN(CC=C)C(=O)NCC1COC2(CCOCC2)O1. The third-order valence-electron chi connectivity index (χ3n) is 3.64. The topological polar surface area (TPSA) is 60.0 Å². The molecule has 0 aromatic heterocycles. The van der Waals surface area contributed by atoms with Crippen molar-refractivity contribution in [3.63, 3.8) is 0 Å². The van der Waals surface area contributed by atoms with Crippen molar-refractivity contribution in [2.75, 3.05) is 39.5 Å². The molecule has 2 saturated heterocycles. The van der Waals surface area contributed by atoms with E-state index in [1.54, 1.807) is 17.1 Å². The lowest BCUT2D eigenvalue weighted by atomic mass is 10.1. The molecule has 2 aliphatic heterocycles. The Balaban J connectivity index is 1.76. The van der Waals surface area contributed by atoms with Gasteiger partial charge in [-0.15, -0.1) is 13.2 Å². The van der Waals surface area contributed by atoms with E-state index in [1.165, 1.54) is 0 Å². The van der Waals surface area contributed by atoms with Crippen molar-refractivity contribution in [3.8, 4) is 0 Å². The predicted molar refractivity (Wildman–Crippen MR) is 79.0 cm³/mol. The van der Waals surface area contributed by atoms with Gasteiger partial charge in [0.15, 0.2) is 5.79 Å². The summed E-state index contributed by atoms with van der Waals surface area (Å²) < 4.78 is 17.1. The smallest absolute Gasteiger partial charge is 0.318 e. The third kappa shape index (κ3) is 4.30. The number of urea groups is 1. The molecule has 0 aromatic rings. The Morgan fingerprint density at radius 3 is 2.57 bits per heavy atom. The Kier molecular flexibility index (Phi) is 5.78. The lowest BCUT2D eigenvalue weighted by Crippen LogP contribution is -2.44. The van der Waals surface area contributed by atoms with Gasteiger partial charge in [0.2, 0.25) is 0 Å². The van der Waals surface area contributed by atoms with E-state index in [9.17, 15) is 4.79 Å². The first-order valence-electron chi connectivity index (χ1n) is 7.33. The normalized spacial score (nSPS) is 23.7. The molecule has 1 atom stereocenters. The van der Waals surface area contributed by atoms with Crippen molar-refractivity contribution >= 4 is 6.03 Å². The molecule has 0 saturated carbocycles. The first kappa shape index (κ1) is 16.0. The van der Waals surface area contributed by atoms with Gasteiger partial charge in [-0.3, -0.25) is 0 Å². The molecule has 6 nitrogen and oxygen atoms in total. The van der Waals surface area contributed by atoms with E-state index in [-0.39, 0.29) is 12.1 Å². The minimum Gasteiger partial charge on any atom is -0.381 e. The summed E-state index contributed by atoms with van der Waals surface area (Å²) in [4.78, 5) is 13.7. The lowest BCUT2D eigenvalue weighted by Gasteiger charge is -2.31. The van der Waals surface area contributed by atoms with Gasteiger partial charge in [0.25, 0.3) is 0 Å². The third-order valence-corrected chi connectivity index (χ3v) is 3.64.